The van der Waals surface area contributed by atoms with Gasteiger partial charge in [-0.15, -0.1) is 0 Å². The average Bonchev–Trinajstić information content (AvgIpc) is 2.59. The van der Waals surface area contributed by atoms with Gasteiger partial charge in [0, 0.05) is 6.54 Å². The zero-order chi connectivity index (χ0) is 17.6. The molecule has 0 spiro atoms. The van der Waals surface area contributed by atoms with Crippen LogP contribution in [0.1, 0.15) is 11.1 Å². The molecule has 0 bridgehead atoms. The van der Waals surface area contributed by atoms with E-state index in [0.717, 1.165) is 11.1 Å². The van der Waals surface area contributed by atoms with E-state index in [0.29, 0.717) is 12.3 Å². The molecule has 0 aliphatic rings. The molecule has 1 amide bonds. The van der Waals surface area contributed by atoms with Crippen LogP contribution in [0.25, 0.3) is 0 Å². The highest BCUT2D eigenvalue weighted by Crippen LogP contribution is 2.15. The van der Waals surface area contributed by atoms with Gasteiger partial charge in [-0.05, 0) is 36.8 Å². The number of rotatable bonds is 7. The van der Waals surface area contributed by atoms with Crippen LogP contribution in [-0.4, -0.2) is 28.0 Å². The highest BCUT2D eigenvalue weighted by molar-refractivity contribution is 7.89. The number of nitrogens with one attached hydrogen (secondary N) is 2. The smallest absolute Gasteiger partial charge is 0.241 e. The third kappa shape index (κ3) is 5.07. The average molecular weight is 348 g/mol. The van der Waals surface area contributed by atoms with Crippen LogP contribution in [-0.2, 0) is 21.4 Å². The molecule has 2 aromatic rings. The first-order chi connectivity index (χ1) is 11.4. The van der Waals surface area contributed by atoms with E-state index in [1.165, 1.54) is 19.2 Å². The summed E-state index contributed by atoms with van der Waals surface area (Å²) in [7, 11) is -2.24. The molecule has 0 aliphatic carbocycles. The van der Waals surface area contributed by atoms with Crippen LogP contribution in [0, 0.1) is 6.92 Å². The van der Waals surface area contributed by atoms with Crippen molar-refractivity contribution in [3.63, 3.8) is 0 Å². The summed E-state index contributed by atoms with van der Waals surface area (Å²) in [4.78, 5) is 11.9. The molecule has 2 aromatic carbocycles. The lowest BCUT2D eigenvalue weighted by Gasteiger charge is -2.09. The number of ether oxygens (including phenoxy) is 1. The first-order valence-corrected chi connectivity index (χ1v) is 8.85. The maximum atomic E-state index is 12.1. The van der Waals surface area contributed by atoms with Gasteiger partial charge in [-0.25, -0.2) is 13.1 Å². The van der Waals surface area contributed by atoms with Gasteiger partial charge in [-0.1, -0.05) is 29.8 Å². The summed E-state index contributed by atoms with van der Waals surface area (Å²) in [5.41, 5.74) is 2.09. The Kier molecular flexibility index (Phi) is 5.94. The van der Waals surface area contributed by atoms with Crippen molar-refractivity contribution in [2.45, 2.75) is 18.4 Å². The molecule has 0 heterocycles. The lowest BCUT2D eigenvalue weighted by Crippen LogP contribution is -2.36. The molecule has 0 fully saturated rings. The lowest BCUT2D eigenvalue weighted by atomic mass is 10.1. The van der Waals surface area contributed by atoms with Crippen LogP contribution < -0.4 is 14.8 Å². The van der Waals surface area contributed by atoms with Crippen molar-refractivity contribution in [2.24, 2.45) is 0 Å². The molecule has 0 aliphatic heterocycles. The summed E-state index contributed by atoms with van der Waals surface area (Å²) in [6, 6.07) is 13.7. The zero-order valence-corrected chi connectivity index (χ0v) is 14.4. The first-order valence-electron chi connectivity index (χ1n) is 7.37. The third-order valence-electron chi connectivity index (χ3n) is 3.40. The van der Waals surface area contributed by atoms with E-state index in [4.69, 9.17) is 4.74 Å². The maximum Gasteiger partial charge on any atom is 0.241 e. The van der Waals surface area contributed by atoms with E-state index in [1.807, 2.05) is 31.2 Å². The molecule has 2 N–H and O–H groups in total. The van der Waals surface area contributed by atoms with Gasteiger partial charge in [-0.2, -0.15) is 0 Å². The van der Waals surface area contributed by atoms with Crippen molar-refractivity contribution in [1.82, 2.24) is 10.0 Å². The van der Waals surface area contributed by atoms with Gasteiger partial charge in [0.05, 0.1) is 18.6 Å². The Labute approximate surface area is 141 Å². The Balaban J connectivity index is 1.86. The molecule has 7 heteroatoms. The largest absolute Gasteiger partial charge is 0.497 e. The van der Waals surface area contributed by atoms with Crippen LogP contribution in [0.4, 0.5) is 0 Å². The summed E-state index contributed by atoms with van der Waals surface area (Å²) < 4.78 is 31.5. The number of carbonyl (C=O) groups excluding carboxylic acids is 1. The molecular weight excluding hydrogens is 328 g/mol. The molecule has 0 radical (unpaired) electrons. The van der Waals surface area contributed by atoms with Crippen LogP contribution in [0.5, 0.6) is 5.75 Å². The second-order valence-corrected chi connectivity index (χ2v) is 7.03. The van der Waals surface area contributed by atoms with Crippen LogP contribution >= 0.6 is 0 Å². The molecule has 6 nitrogen and oxygen atoms in total. The first kappa shape index (κ1) is 18.0. The number of amides is 1. The topological polar surface area (TPSA) is 84.5 Å². The minimum atomic E-state index is -3.74. The molecule has 0 aromatic heterocycles. The van der Waals surface area contributed by atoms with Crippen LogP contribution in [0.2, 0.25) is 0 Å². The predicted molar refractivity (Wildman–Crippen MR) is 91.2 cm³/mol. The quantitative estimate of drug-likeness (QED) is 0.796. The monoisotopic (exact) mass is 348 g/mol. The summed E-state index contributed by atoms with van der Waals surface area (Å²) in [6.45, 7) is 2.01. The summed E-state index contributed by atoms with van der Waals surface area (Å²) in [6.07, 6.45) is 0. The van der Waals surface area contributed by atoms with E-state index < -0.39 is 15.9 Å². The number of benzene rings is 2. The molecule has 0 unspecified atom stereocenters. The number of sulfonamides is 1. The summed E-state index contributed by atoms with van der Waals surface area (Å²) >= 11 is 0. The van der Waals surface area contributed by atoms with Gasteiger partial charge in [0.25, 0.3) is 0 Å². The van der Waals surface area contributed by atoms with E-state index in [9.17, 15) is 13.2 Å². The van der Waals surface area contributed by atoms with Crippen molar-refractivity contribution in [1.29, 1.82) is 0 Å². The Morgan fingerprint density at radius 2 is 1.67 bits per heavy atom. The van der Waals surface area contributed by atoms with Crippen molar-refractivity contribution in [3.05, 3.63) is 59.7 Å². The van der Waals surface area contributed by atoms with Crippen molar-refractivity contribution >= 4 is 15.9 Å². The van der Waals surface area contributed by atoms with E-state index in [1.54, 1.807) is 12.1 Å². The van der Waals surface area contributed by atoms with Crippen LogP contribution in [0.3, 0.4) is 0 Å². The second kappa shape index (κ2) is 7.94. The molecule has 128 valence electrons. The van der Waals surface area contributed by atoms with Crippen molar-refractivity contribution in [2.75, 3.05) is 13.7 Å². The highest BCUT2D eigenvalue weighted by Gasteiger charge is 2.15. The molecule has 0 saturated heterocycles. The van der Waals surface area contributed by atoms with E-state index >= 15 is 0 Å². The number of aryl methyl sites for hydroxylation is 1. The van der Waals surface area contributed by atoms with Gasteiger partial charge < -0.3 is 10.1 Å². The Morgan fingerprint density at radius 3 is 2.25 bits per heavy atom. The van der Waals surface area contributed by atoms with Gasteiger partial charge in [0.15, 0.2) is 0 Å². The van der Waals surface area contributed by atoms with E-state index in [2.05, 4.69) is 10.0 Å². The highest BCUT2D eigenvalue weighted by atomic mass is 32.2. The molecule has 2 rings (SSSR count). The minimum Gasteiger partial charge on any atom is -0.497 e. The minimum absolute atomic E-state index is 0.0784. The fourth-order valence-electron chi connectivity index (χ4n) is 1.97. The SMILES string of the molecule is COc1ccc(S(=O)(=O)NCC(=O)NCc2ccc(C)cc2)cc1. The molecular formula is C17H20N2O4S. The molecule has 24 heavy (non-hydrogen) atoms. The van der Waals surface area contributed by atoms with Gasteiger partial charge in [0.1, 0.15) is 5.75 Å². The zero-order valence-electron chi connectivity index (χ0n) is 13.6. The third-order valence-corrected chi connectivity index (χ3v) is 4.82. The van der Waals surface area contributed by atoms with Gasteiger partial charge in [0.2, 0.25) is 15.9 Å². The number of methoxy groups -OCH3 is 1. The Morgan fingerprint density at radius 1 is 1.04 bits per heavy atom. The fourth-order valence-corrected chi connectivity index (χ4v) is 2.95. The lowest BCUT2D eigenvalue weighted by molar-refractivity contribution is -0.120. The molecule has 0 saturated carbocycles. The van der Waals surface area contributed by atoms with Crippen LogP contribution in [0.15, 0.2) is 53.4 Å². The summed E-state index contributed by atoms with van der Waals surface area (Å²) in [5, 5.41) is 2.67. The van der Waals surface area contributed by atoms with Crippen molar-refractivity contribution in [3.8, 4) is 5.75 Å². The Bertz CT molecular complexity index is 784. The van der Waals surface area contributed by atoms with Crippen molar-refractivity contribution < 1.29 is 17.9 Å². The maximum absolute atomic E-state index is 12.1. The Hall–Kier alpha value is -2.38. The normalized spacial score (nSPS) is 11.1. The standard InChI is InChI=1S/C17H20N2O4S/c1-13-3-5-14(6-4-13)11-18-17(20)12-19-24(21,22)16-9-7-15(23-2)8-10-16/h3-10,19H,11-12H2,1-2H3,(H,18,20). The van der Waals surface area contributed by atoms with Gasteiger partial charge in [-0.3, -0.25) is 4.79 Å². The number of hydrogen-bond donors (Lipinski definition) is 2. The number of carbonyl (C=O) groups is 1. The fraction of sp³-hybridized carbons (Fsp3) is 0.235. The molecule has 0 atom stereocenters. The summed E-state index contributed by atoms with van der Waals surface area (Å²) in [5.74, 6) is 0.164. The predicted octanol–water partition coefficient (Wildman–Crippen LogP) is 1.60. The number of hydrogen-bond acceptors (Lipinski definition) is 4. The second-order valence-electron chi connectivity index (χ2n) is 5.26. The van der Waals surface area contributed by atoms with Gasteiger partial charge >= 0.3 is 0 Å². The van der Waals surface area contributed by atoms with E-state index in [-0.39, 0.29) is 11.4 Å².